The fourth-order valence-electron chi connectivity index (χ4n) is 6.23. The molecule has 0 saturated heterocycles. The van der Waals surface area contributed by atoms with Gasteiger partial charge in [0.1, 0.15) is 22.8 Å². The molecule has 0 bridgehead atoms. The number of imide groups is 1. The van der Waals surface area contributed by atoms with Crippen LogP contribution >= 0.6 is 7.60 Å². The van der Waals surface area contributed by atoms with Gasteiger partial charge < -0.3 is 18.2 Å². The van der Waals surface area contributed by atoms with Crippen molar-refractivity contribution in [3.63, 3.8) is 0 Å². The van der Waals surface area contributed by atoms with E-state index < -0.39 is 33.5 Å². The first-order chi connectivity index (χ1) is 20.3. The summed E-state index contributed by atoms with van der Waals surface area (Å²) in [6, 6.07) is 9.12. The summed E-state index contributed by atoms with van der Waals surface area (Å²) >= 11 is 0. The number of carbonyl (C=O) groups excluding carboxylic acids is 2. The molecule has 12 heteroatoms. The van der Waals surface area contributed by atoms with Gasteiger partial charge in [-0.3, -0.25) is 24.0 Å². The Morgan fingerprint density at radius 2 is 1.44 bits per heavy atom. The molecular weight excluding hydrogens is 590 g/mol. The van der Waals surface area contributed by atoms with Crippen molar-refractivity contribution in [1.82, 2.24) is 9.88 Å². The Morgan fingerprint density at radius 3 is 1.98 bits per heavy atom. The minimum absolute atomic E-state index is 0.0615. The number of hydrogen-bond acceptors (Lipinski definition) is 8. The number of halogens is 1. The topological polar surface area (TPSA) is 104 Å². The first-order valence-corrected chi connectivity index (χ1v) is 18.3. The second-order valence-electron chi connectivity index (χ2n) is 11.6. The zero-order valence-electron chi connectivity index (χ0n) is 26.0. The molecule has 0 unspecified atom stereocenters. The molecule has 2 amide bonds. The summed E-state index contributed by atoms with van der Waals surface area (Å²) in [4.78, 5) is 34.1. The van der Waals surface area contributed by atoms with Crippen molar-refractivity contribution in [2.75, 3.05) is 27.0 Å². The van der Waals surface area contributed by atoms with Crippen LogP contribution in [0.4, 0.5) is 4.39 Å². The highest BCUT2D eigenvalue weighted by Crippen LogP contribution is 2.50. The summed E-state index contributed by atoms with van der Waals surface area (Å²) in [5.41, 5.74) is 1.68. The Hall–Kier alpha value is -3.11. The van der Waals surface area contributed by atoms with Gasteiger partial charge in [0.05, 0.1) is 30.4 Å². The first-order valence-electron chi connectivity index (χ1n) is 14.4. The van der Waals surface area contributed by atoms with E-state index in [-0.39, 0.29) is 58.6 Å². The van der Waals surface area contributed by atoms with Crippen LogP contribution < -0.4 is 9.16 Å². The molecule has 2 aromatic carbocycles. The zero-order valence-corrected chi connectivity index (χ0v) is 27.9. The van der Waals surface area contributed by atoms with Crippen LogP contribution in [0.25, 0.3) is 10.9 Å². The minimum Gasteiger partial charge on any atom is -0.541 e. The van der Waals surface area contributed by atoms with Gasteiger partial charge in [-0.1, -0.05) is 53.7 Å². The number of benzene rings is 2. The van der Waals surface area contributed by atoms with E-state index in [0.29, 0.717) is 16.5 Å². The number of nitrogens with zero attached hydrogens (tertiary/aromatic N) is 2. The molecule has 43 heavy (non-hydrogen) atoms. The van der Waals surface area contributed by atoms with Crippen molar-refractivity contribution in [3.8, 4) is 11.5 Å². The molecule has 9 nitrogen and oxygen atoms in total. The highest BCUT2D eigenvalue weighted by atomic mass is 31.2. The maximum atomic E-state index is 14.2. The fourth-order valence-corrected chi connectivity index (χ4v) is 12.3. The van der Waals surface area contributed by atoms with Gasteiger partial charge in [0.2, 0.25) is 0 Å². The molecule has 2 heterocycles. The van der Waals surface area contributed by atoms with Crippen molar-refractivity contribution in [1.29, 1.82) is 0 Å². The number of pyridine rings is 1. The van der Waals surface area contributed by atoms with Crippen LogP contribution in [0, 0.1) is 5.82 Å². The lowest BCUT2D eigenvalue weighted by Gasteiger charge is -2.42. The summed E-state index contributed by atoms with van der Waals surface area (Å²) < 4.78 is 49.7. The van der Waals surface area contributed by atoms with E-state index in [9.17, 15) is 18.5 Å². The molecular formula is C31H40FN2O7PSi. The Labute approximate surface area is 253 Å². The second-order valence-corrected chi connectivity index (χ2v) is 19.4. The first kappa shape index (κ1) is 32.8. The molecule has 0 saturated carbocycles. The maximum Gasteiger partial charge on any atom is 0.333 e. The van der Waals surface area contributed by atoms with Crippen molar-refractivity contribution in [3.05, 3.63) is 65.1 Å². The van der Waals surface area contributed by atoms with Crippen LogP contribution in [0.3, 0.4) is 0 Å². The van der Waals surface area contributed by atoms with Crippen molar-refractivity contribution in [2.45, 2.75) is 64.7 Å². The molecule has 3 aromatic rings. The number of ether oxygens (including phenoxy) is 1. The minimum atomic E-state index is -3.41. The van der Waals surface area contributed by atoms with Gasteiger partial charge >= 0.3 is 7.60 Å². The third kappa shape index (κ3) is 6.00. The Balaban J connectivity index is 1.95. The standard InChI is InChI=1S/C31H40FN2O7PSi/c1-19(2)43(20(3)4,21(5)6)41-29-26-25(30(35)34(31(26)36)18-22-11-13-23(32)14-12-22)28(24-10-9-15-33-27(24)29)40-16-17-42(37,38-7)39-8/h9-15,19-21H,16-18H2,1-8H3. The predicted molar refractivity (Wildman–Crippen MR) is 166 cm³/mol. The molecule has 0 atom stereocenters. The van der Waals surface area contributed by atoms with E-state index in [0.717, 1.165) is 4.90 Å². The monoisotopic (exact) mass is 630 g/mol. The Bertz CT molecular complexity index is 1530. The summed E-state index contributed by atoms with van der Waals surface area (Å²) in [5.74, 6) is -1.11. The zero-order chi connectivity index (χ0) is 31.7. The highest BCUT2D eigenvalue weighted by molar-refractivity contribution is 7.53. The third-order valence-electron chi connectivity index (χ3n) is 8.30. The molecule has 232 valence electrons. The molecule has 1 aliphatic rings. The van der Waals surface area contributed by atoms with Crippen molar-refractivity contribution < 1.29 is 36.8 Å². The van der Waals surface area contributed by atoms with Crippen LogP contribution in [0.15, 0.2) is 42.6 Å². The van der Waals surface area contributed by atoms with E-state index >= 15 is 0 Å². The van der Waals surface area contributed by atoms with E-state index in [1.807, 2.05) is 0 Å². The summed E-state index contributed by atoms with van der Waals surface area (Å²) in [6.45, 7) is 12.6. The van der Waals surface area contributed by atoms with Crippen LogP contribution in [-0.4, -0.2) is 57.0 Å². The molecule has 1 aliphatic heterocycles. The summed E-state index contributed by atoms with van der Waals surface area (Å²) in [5, 5.41) is 0.491. The van der Waals surface area contributed by atoms with Crippen LogP contribution in [0.5, 0.6) is 11.5 Å². The molecule has 1 aromatic heterocycles. The second kappa shape index (κ2) is 12.9. The predicted octanol–water partition coefficient (Wildman–Crippen LogP) is 7.59. The molecule has 0 fully saturated rings. The number of amides is 2. The lowest BCUT2D eigenvalue weighted by molar-refractivity contribution is 0.0640. The normalized spacial score (nSPS) is 14.0. The van der Waals surface area contributed by atoms with Gasteiger partial charge in [-0.2, -0.15) is 0 Å². The van der Waals surface area contributed by atoms with E-state index in [1.54, 1.807) is 18.3 Å². The average Bonchev–Trinajstić information content (AvgIpc) is 3.21. The Morgan fingerprint density at radius 1 is 0.884 bits per heavy atom. The molecule has 0 aliphatic carbocycles. The molecule has 0 N–H and O–H groups in total. The summed E-state index contributed by atoms with van der Waals surface area (Å²) in [6.07, 6.45) is 1.52. The van der Waals surface area contributed by atoms with Crippen LogP contribution in [-0.2, 0) is 20.2 Å². The van der Waals surface area contributed by atoms with Gasteiger partial charge in [0.25, 0.3) is 20.1 Å². The smallest absolute Gasteiger partial charge is 0.333 e. The number of aromatic nitrogens is 1. The van der Waals surface area contributed by atoms with Crippen molar-refractivity contribution >= 4 is 38.6 Å². The number of fused-ring (bicyclic) bond motifs is 2. The number of carbonyl (C=O) groups is 2. The number of hydrogen-bond donors (Lipinski definition) is 0. The van der Waals surface area contributed by atoms with Gasteiger partial charge in [-0.05, 0) is 46.5 Å². The SMILES string of the molecule is COP(=O)(CCOc1c2c(c(O[Si](C(C)C)(C(C)C)C(C)C)c3ncccc13)C(=O)N(Cc1ccc(F)cc1)C2=O)OC. The quantitative estimate of drug-likeness (QED) is 0.108. The summed E-state index contributed by atoms with van der Waals surface area (Å²) in [7, 11) is -3.47. The van der Waals surface area contributed by atoms with Gasteiger partial charge in [0.15, 0.2) is 0 Å². The number of rotatable bonds is 13. The highest BCUT2D eigenvalue weighted by Gasteiger charge is 2.50. The lowest BCUT2D eigenvalue weighted by atomic mass is 10.0. The van der Waals surface area contributed by atoms with Gasteiger partial charge in [-0.25, -0.2) is 4.39 Å². The van der Waals surface area contributed by atoms with E-state index in [4.69, 9.17) is 18.2 Å². The Kier molecular flexibility index (Phi) is 9.81. The van der Waals surface area contributed by atoms with Crippen LogP contribution in [0.2, 0.25) is 16.6 Å². The molecule has 0 radical (unpaired) electrons. The lowest BCUT2D eigenvalue weighted by Crippen LogP contribution is -2.51. The van der Waals surface area contributed by atoms with E-state index in [2.05, 4.69) is 46.5 Å². The fraction of sp³-hybridized carbons (Fsp3) is 0.452. The van der Waals surface area contributed by atoms with Crippen LogP contribution in [0.1, 0.15) is 67.8 Å². The molecule has 4 rings (SSSR count). The van der Waals surface area contributed by atoms with E-state index in [1.165, 1.54) is 38.5 Å². The average molecular weight is 631 g/mol. The third-order valence-corrected chi connectivity index (χ3v) is 16.1. The largest absolute Gasteiger partial charge is 0.541 e. The van der Waals surface area contributed by atoms with Crippen molar-refractivity contribution in [2.24, 2.45) is 0 Å². The molecule has 0 spiro atoms. The maximum absolute atomic E-state index is 14.2. The van der Waals surface area contributed by atoms with Gasteiger partial charge in [-0.15, -0.1) is 0 Å². The van der Waals surface area contributed by atoms with Gasteiger partial charge in [0, 0.05) is 25.8 Å².